The van der Waals surface area contributed by atoms with E-state index >= 15 is 0 Å². The van der Waals surface area contributed by atoms with Crippen LogP contribution < -0.4 is 58.5 Å². The molecule has 0 radical (unpaired) electrons. The van der Waals surface area contributed by atoms with Gasteiger partial charge in [0.1, 0.15) is 28.9 Å². The number of hydrogen-bond acceptors (Lipinski definition) is 18. The molecule has 0 spiro atoms. The Bertz CT molecular complexity index is 2910. The van der Waals surface area contributed by atoms with Gasteiger partial charge in [-0.2, -0.15) is 0 Å². The molecule has 7 unspecified atom stereocenters. The zero-order valence-electron chi connectivity index (χ0n) is 91.4. The monoisotopic (exact) mass is 1880 g/mol. The molecule has 0 heterocycles. The molecule has 0 saturated heterocycles. The van der Waals surface area contributed by atoms with Crippen LogP contribution in [-0.2, 0) is 52.7 Å². The van der Waals surface area contributed by atoms with Crippen LogP contribution >= 0.6 is 0 Å². The topological polar surface area (TPSA) is 320 Å². The Kier molecular flexibility index (Phi) is 90.0. The molecule has 22 nitrogen and oxygen atoms in total. The van der Waals surface area contributed by atoms with Crippen LogP contribution in [0.1, 0.15) is 472 Å². The number of hydrogen-bond donors (Lipinski definition) is 11. The Morgan fingerprint density at radius 1 is 0.195 bits per heavy atom. The van der Waals surface area contributed by atoms with Crippen LogP contribution in [0.5, 0.6) is 0 Å². The van der Waals surface area contributed by atoms with Gasteiger partial charge in [0.2, 0.25) is 23.6 Å². The predicted octanol–water partition coefficient (Wildman–Crippen LogP) is 22.2. The molecule has 22 heteroatoms. The lowest BCUT2D eigenvalue weighted by atomic mass is 9.85. The van der Waals surface area contributed by atoms with Crippen LogP contribution in [0.15, 0.2) is 0 Å². The van der Waals surface area contributed by atoms with Crippen molar-refractivity contribution in [3.63, 3.8) is 0 Å². The first-order valence-corrected chi connectivity index (χ1v) is 54.1. The molecule has 0 fully saturated rings. The number of carbonyl (C=O) groups is 11. The summed E-state index contributed by atoms with van der Waals surface area (Å²) in [6.07, 6.45) is 33.9. The molecule has 11 N–H and O–H groups in total. The SMILES string of the molecule is C.CC(C)CCCCC(=O)NCCCCC(NC(=O)CCCCC(C)C)C(=O)CC(CCCCNC(C)C)C(=O)C(C)C.CC(C)CCCCC(=O)NCCCCC(NC(C)C)C(=O)C(C)C.CC(C)CCCCC(=O)NCCCCC(NC(C)C)C(=O)CC(CCCCNC(C)C)C(=O)C(C)C.CC(C)NCCCCC(CC(=O)C(CCCCNC(C)C)NC(C)C)C(=O)C(C)C. The maximum atomic E-state index is 13.5. The largest absolute Gasteiger partial charge is 0.356 e. The summed E-state index contributed by atoms with van der Waals surface area (Å²) in [6, 6.07) is 1.62. The molecule has 0 saturated carbocycles. The highest BCUT2D eigenvalue weighted by molar-refractivity contribution is 5.94. The Hall–Kier alpha value is -4.71. The van der Waals surface area contributed by atoms with Gasteiger partial charge in [0.05, 0.1) is 24.2 Å². The summed E-state index contributed by atoms with van der Waals surface area (Å²) in [5.41, 5.74) is 0. The van der Waals surface area contributed by atoms with Crippen LogP contribution in [0.3, 0.4) is 0 Å². The lowest BCUT2D eigenvalue weighted by molar-refractivity contribution is -0.132. The zero-order valence-corrected chi connectivity index (χ0v) is 91.4. The lowest BCUT2D eigenvalue weighted by Crippen LogP contribution is -2.42. The molecule has 0 aromatic rings. The minimum Gasteiger partial charge on any atom is -0.356 e. The van der Waals surface area contributed by atoms with Crippen LogP contribution in [0.2, 0.25) is 0 Å². The highest BCUT2D eigenvalue weighted by Crippen LogP contribution is 2.26. The lowest BCUT2D eigenvalue weighted by Gasteiger charge is -2.24. The number of amides is 4. The van der Waals surface area contributed by atoms with Gasteiger partial charge in [-0.1, -0.05) is 292 Å². The molecule has 0 bridgehead atoms. The van der Waals surface area contributed by atoms with E-state index in [0.29, 0.717) is 125 Å². The number of rotatable bonds is 83. The standard InChI is InChI=1S/C35H67N3O4.C30H59N3O3.C25H51N3O2.C20H40N2O2.CH4/c1-26(2)17-9-11-21-33(40)37-24-16-14-20-31(38-34(41)22-12-10-18-27(3)4)32(39)25-30(35(42)28(5)6)19-13-15-23-36-29(7)8;1-22(2)15-9-10-18-29(35)32-20-14-12-17-27(33-25(7)8)28(34)21-26(30(36)23(3)4)16-11-13-19-31-24(5)6;1-18(2)25(30)22(13-9-11-15-26-19(3)4)17-24(29)23(28-21(7)8)14-10-12-16-27-20(5)6;1-15(2)11-7-8-13-19(23)21-14-10-9-12-18(22-17(5)6)20(24)16(3)4;/h26-31,36H,9-25H2,1-8H3,(H,37,40)(H,38,41);22-27,31,33H,9-21H2,1-8H3,(H,32,35);18-23,26-28H,9-17H2,1-8H3;15-18,22H,7-14H2,1-6H3,(H,21,23);1H4. The Morgan fingerprint density at radius 3 is 0.632 bits per heavy atom. The van der Waals surface area contributed by atoms with E-state index < -0.39 is 6.04 Å². The summed E-state index contributed by atoms with van der Waals surface area (Å²) in [5, 5.41) is 36.0. The second-order valence-electron chi connectivity index (χ2n) is 43.6. The Balaban J connectivity index is -0.000000556. The molecule has 7 atom stereocenters. The second-order valence-corrected chi connectivity index (χ2v) is 43.6. The molecule has 4 amide bonds. The highest BCUT2D eigenvalue weighted by Gasteiger charge is 2.32. The van der Waals surface area contributed by atoms with E-state index in [9.17, 15) is 52.7 Å². The van der Waals surface area contributed by atoms with E-state index in [1.165, 1.54) is 12.8 Å². The van der Waals surface area contributed by atoms with Gasteiger partial charge in [0, 0.05) is 148 Å². The quantitative estimate of drug-likeness (QED) is 0.0252. The fraction of sp³-hybridized carbons (Fsp3) is 0.901. The van der Waals surface area contributed by atoms with Crippen molar-refractivity contribution in [1.29, 1.82) is 0 Å². The summed E-state index contributed by atoms with van der Waals surface area (Å²) < 4.78 is 0. The highest BCUT2D eigenvalue weighted by atomic mass is 16.2. The molecule has 0 aliphatic heterocycles. The van der Waals surface area contributed by atoms with E-state index in [1.54, 1.807) is 0 Å². The molecule has 133 heavy (non-hydrogen) atoms. The maximum absolute atomic E-state index is 13.5. The van der Waals surface area contributed by atoms with Crippen molar-refractivity contribution < 1.29 is 52.7 Å². The van der Waals surface area contributed by atoms with Gasteiger partial charge in [0.15, 0.2) is 11.6 Å². The number of nitrogens with one attached hydrogen (secondary N) is 11. The smallest absolute Gasteiger partial charge is 0.220 e. The van der Waals surface area contributed by atoms with Crippen LogP contribution in [0.4, 0.5) is 0 Å². The van der Waals surface area contributed by atoms with Crippen molar-refractivity contribution in [2.24, 2.45) is 65.1 Å². The van der Waals surface area contributed by atoms with Gasteiger partial charge in [-0.3, -0.25) is 52.7 Å². The molecular weight excluding hydrogens is 1660 g/mol. The molecule has 0 aromatic heterocycles. The van der Waals surface area contributed by atoms with Gasteiger partial charge >= 0.3 is 0 Å². The van der Waals surface area contributed by atoms with Crippen LogP contribution in [0, 0.1) is 65.1 Å². The first-order valence-electron chi connectivity index (χ1n) is 54.1. The Labute approximate surface area is 820 Å². The average Bonchev–Trinajstić information content (AvgIpc) is 0.883. The van der Waals surface area contributed by atoms with Crippen LogP contribution in [-0.4, -0.2) is 176 Å². The number of carbonyl (C=O) groups excluding carboxylic acids is 11. The van der Waals surface area contributed by atoms with Gasteiger partial charge in [-0.25, -0.2) is 0 Å². The fourth-order valence-electron chi connectivity index (χ4n) is 16.1. The third-order valence-corrected chi connectivity index (χ3v) is 23.8. The maximum Gasteiger partial charge on any atom is 0.220 e. The first-order chi connectivity index (χ1) is 62.0. The molecular formula is C111H221N11O11. The number of ketones is 7. The van der Waals surface area contributed by atoms with E-state index in [-0.39, 0.29) is 150 Å². The van der Waals surface area contributed by atoms with E-state index in [4.69, 9.17) is 0 Å². The Morgan fingerprint density at radius 2 is 0.398 bits per heavy atom. The molecule has 0 aromatic carbocycles. The number of Topliss-reactive ketones (excluding diaryl/α,β-unsaturated/α-hetero) is 7. The van der Waals surface area contributed by atoms with Crippen molar-refractivity contribution in [3.05, 3.63) is 0 Å². The normalized spacial score (nSPS) is 13.3. The van der Waals surface area contributed by atoms with Gasteiger partial charge in [-0.15, -0.1) is 0 Å². The van der Waals surface area contributed by atoms with Crippen LogP contribution in [0.25, 0.3) is 0 Å². The van der Waals surface area contributed by atoms with Crippen molar-refractivity contribution in [2.75, 3.05) is 45.8 Å². The summed E-state index contributed by atoms with van der Waals surface area (Å²) in [6.45, 7) is 68.3. The van der Waals surface area contributed by atoms with Crippen molar-refractivity contribution in [1.82, 2.24) is 58.5 Å². The third-order valence-electron chi connectivity index (χ3n) is 23.8. The van der Waals surface area contributed by atoms with Gasteiger partial charge in [-0.05, 0) is 185 Å². The fourth-order valence-corrected chi connectivity index (χ4v) is 16.1. The summed E-state index contributed by atoms with van der Waals surface area (Å²) in [5.74, 6) is 3.38. The predicted molar refractivity (Wildman–Crippen MR) is 565 cm³/mol. The van der Waals surface area contributed by atoms with Crippen molar-refractivity contribution in [2.45, 2.75) is 538 Å². The minimum absolute atomic E-state index is 0. The average molecular weight is 1890 g/mol. The van der Waals surface area contributed by atoms with Gasteiger partial charge < -0.3 is 58.5 Å². The molecule has 0 aliphatic rings. The number of unbranched alkanes of at least 4 members (excludes halogenated alkanes) is 11. The summed E-state index contributed by atoms with van der Waals surface area (Å²) >= 11 is 0. The minimum atomic E-state index is -0.584. The van der Waals surface area contributed by atoms with E-state index in [2.05, 4.69) is 211 Å². The second kappa shape index (κ2) is 87.5. The molecule has 0 aliphatic carbocycles. The van der Waals surface area contributed by atoms with Crippen molar-refractivity contribution in [3.8, 4) is 0 Å². The molecule has 0 rings (SSSR count). The zero-order chi connectivity index (χ0) is 101. The van der Waals surface area contributed by atoms with Crippen molar-refractivity contribution >= 4 is 64.1 Å². The van der Waals surface area contributed by atoms with E-state index in [0.717, 1.165) is 212 Å². The summed E-state index contributed by atoms with van der Waals surface area (Å²) in [4.78, 5) is 139. The molecule has 786 valence electrons. The first kappa shape index (κ1) is 137. The van der Waals surface area contributed by atoms with Gasteiger partial charge in [0.25, 0.3) is 0 Å². The van der Waals surface area contributed by atoms with E-state index in [1.807, 2.05) is 55.4 Å². The summed E-state index contributed by atoms with van der Waals surface area (Å²) in [7, 11) is 0. The third kappa shape index (κ3) is 87.3.